The van der Waals surface area contributed by atoms with Gasteiger partial charge in [-0.05, 0) is 26.3 Å². The van der Waals surface area contributed by atoms with Gasteiger partial charge in [-0.3, -0.25) is 0 Å². The number of nitrogens with one attached hydrogen (secondary N) is 1. The molecule has 2 atom stereocenters. The number of likely N-dealkylation sites (N-methyl/N-ethyl adjacent to an activating group) is 1. The maximum atomic E-state index is 11.3. The summed E-state index contributed by atoms with van der Waals surface area (Å²) in [7, 11) is 0.815. The van der Waals surface area contributed by atoms with Crippen LogP contribution in [0.5, 0.6) is 0 Å². The van der Waals surface area contributed by atoms with Gasteiger partial charge < -0.3 is 15.0 Å². The van der Waals surface area contributed by atoms with Crippen LogP contribution in [-0.2, 0) is 14.6 Å². The van der Waals surface area contributed by atoms with Gasteiger partial charge in [0, 0.05) is 6.54 Å². The molecule has 8 heteroatoms. The Hall–Kier alpha value is -0.110. The van der Waals surface area contributed by atoms with E-state index in [9.17, 15) is 8.42 Å². The fourth-order valence-electron chi connectivity index (χ4n) is 1.45. The van der Waals surface area contributed by atoms with Crippen molar-refractivity contribution < 1.29 is 13.2 Å². The molecule has 17 heavy (non-hydrogen) atoms. The summed E-state index contributed by atoms with van der Waals surface area (Å²) in [5.74, 6) is 0.00484. The number of hydrogen-bond donors (Lipinski definition) is 1. The number of nitrogens with zero attached hydrogens (tertiary/aromatic N) is 1. The lowest BCUT2D eigenvalue weighted by atomic mass is 10.3. The SMILES string of the molecule is CN(C)CCOC(=S)N[C@H]1CS(=O)(=O)C[C@@H]1Cl. The Labute approximate surface area is 112 Å². The van der Waals surface area contributed by atoms with Crippen molar-refractivity contribution in [1.82, 2.24) is 10.2 Å². The fraction of sp³-hybridized carbons (Fsp3) is 0.889. The highest BCUT2D eigenvalue weighted by atomic mass is 35.5. The van der Waals surface area contributed by atoms with Crippen molar-refractivity contribution in [3.63, 3.8) is 0 Å². The van der Waals surface area contributed by atoms with Crippen LogP contribution in [0.3, 0.4) is 0 Å². The molecule has 0 bridgehead atoms. The third-order valence-electron chi connectivity index (χ3n) is 2.36. The summed E-state index contributed by atoms with van der Waals surface area (Å²) in [6.45, 7) is 1.21. The van der Waals surface area contributed by atoms with Crippen LogP contribution in [0.2, 0.25) is 0 Å². The van der Waals surface area contributed by atoms with Gasteiger partial charge in [-0.15, -0.1) is 11.6 Å². The molecule has 1 saturated heterocycles. The Bertz CT molecular complexity index is 372. The molecular weight excluding hydrogens is 284 g/mol. The van der Waals surface area contributed by atoms with E-state index in [1.54, 1.807) is 0 Å². The lowest BCUT2D eigenvalue weighted by Crippen LogP contribution is -2.41. The van der Waals surface area contributed by atoms with E-state index in [4.69, 9.17) is 28.6 Å². The molecular formula is C9H17ClN2O3S2. The number of hydrogen-bond acceptors (Lipinski definition) is 5. The Morgan fingerprint density at radius 1 is 1.53 bits per heavy atom. The molecule has 1 fully saturated rings. The summed E-state index contributed by atoms with van der Waals surface area (Å²) < 4.78 is 27.9. The van der Waals surface area contributed by atoms with Crippen LogP contribution in [0, 0.1) is 0 Å². The number of ether oxygens (including phenoxy) is 1. The average Bonchev–Trinajstić information content (AvgIpc) is 2.38. The van der Waals surface area contributed by atoms with E-state index in [2.05, 4.69) is 5.32 Å². The molecule has 0 aromatic rings. The Kier molecular flexibility index (Phi) is 5.43. The molecule has 1 rings (SSSR count). The van der Waals surface area contributed by atoms with Gasteiger partial charge in [0.25, 0.3) is 5.17 Å². The van der Waals surface area contributed by atoms with Gasteiger partial charge in [0.05, 0.1) is 22.9 Å². The monoisotopic (exact) mass is 300 g/mol. The van der Waals surface area contributed by atoms with Gasteiger partial charge in [0.15, 0.2) is 9.84 Å². The molecule has 0 unspecified atom stereocenters. The van der Waals surface area contributed by atoms with E-state index in [1.165, 1.54) is 0 Å². The van der Waals surface area contributed by atoms with Crippen LogP contribution in [0.15, 0.2) is 0 Å². The minimum atomic E-state index is -3.04. The van der Waals surface area contributed by atoms with Crippen molar-refractivity contribution >= 4 is 38.8 Å². The number of rotatable bonds is 4. The Morgan fingerprint density at radius 3 is 2.65 bits per heavy atom. The molecule has 0 radical (unpaired) electrons. The molecule has 5 nitrogen and oxygen atoms in total. The second-order valence-electron chi connectivity index (χ2n) is 4.28. The van der Waals surface area contributed by atoms with Crippen molar-refractivity contribution in [2.75, 3.05) is 38.8 Å². The molecule has 100 valence electrons. The van der Waals surface area contributed by atoms with Gasteiger partial charge in [-0.25, -0.2) is 8.42 Å². The normalized spacial score (nSPS) is 27.1. The average molecular weight is 301 g/mol. The van der Waals surface area contributed by atoms with Gasteiger partial charge in [-0.2, -0.15) is 0 Å². The van der Waals surface area contributed by atoms with Crippen LogP contribution in [0.4, 0.5) is 0 Å². The fourth-order valence-corrected chi connectivity index (χ4v) is 4.24. The summed E-state index contributed by atoms with van der Waals surface area (Å²) in [6.07, 6.45) is 0. The number of alkyl halides is 1. The smallest absolute Gasteiger partial charge is 0.256 e. The van der Waals surface area contributed by atoms with Crippen molar-refractivity contribution in [2.45, 2.75) is 11.4 Å². The molecule has 0 saturated carbocycles. The predicted molar refractivity (Wildman–Crippen MR) is 72.3 cm³/mol. The predicted octanol–water partition coefficient (Wildman–Crippen LogP) is -0.156. The van der Waals surface area contributed by atoms with E-state index in [1.807, 2.05) is 19.0 Å². The minimum Gasteiger partial charge on any atom is -0.470 e. The molecule has 0 aromatic heterocycles. The lowest BCUT2D eigenvalue weighted by Gasteiger charge is -2.17. The van der Waals surface area contributed by atoms with E-state index in [0.29, 0.717) is 6.61 Å². The maximum absolute atomic E-state index is 11.3. The third-order valence-corrected chi connectivity index (χ3v) is 4.97. The standard InChI is InChI=1S/C9H17ClN2O3S2/c1-12(2)3-4-15-9(16)11-8-6-17(13,14)5-7(8)10/h7-8H,3-6H2,1-2H3,(H,11,16)/t7-,8-/m0/s1. The molecule has 0 aromatic carbocycles. The van der Waals surface area contributed by atoms with E-state index >= 15 is 0 Å². The molecule has 0 amide bonds. The first-order chi connectivity index (χ1) is 7.80. The lowest BCUT2D eigenvalue weighted by molar-refractivity contribution is 0.246. The van der Waals surface area contributed by atoms with Crippen LogP contribution in [0.25, 0.3) is 0 Å². The quantitative estimate of drug-likeness (QED) is 0.575. The van der Waals surface area contributed by atoms with Crippen molar-refractivity contribution in [2.24, 2.45) is 0 Å². The first-order valence-electron chi connectivity index (χ1n) is 5.22. The van der Waals surface area contributed by atoms with Crippen molar-refractivity contribution in [3.8, 4) is 0 Å². The second kappa shape index (κ2) is 6.17. The Balaban J connectivity index is 2.32. The highest BCUT2D eigenvalue weighted by Gasteiger charge is 2.36. The van der Waals surface area contributed by atoms with Crippen LogP contribution >= 0.6 is 23.8 Å². The van der Waals surface area contributed by atoms with Gasteiger partial charge in [0.1, 0.15) is 6.61 Å². The Morgan fingerprint density at radius 2 is 2.18 bits per heavy atom. The van der Waals surface area contributed by atoms with Crippen LogP contribution in [-0.4, -0.2) is 68.7 Å². The van der Waals surface area contributed by atoms with E-state index in [0.717, 1.165) is 6.54 Å². The van der Waals surface area contributed by atoms with Gasteiger partial charge in [-0.1, -0.05) is 0 Å². The molecule has 0 aliphatic carbocycles. The summed E-state index contributed by atoms with van der Waals surface area (Å²) >= 11 is 10.9. The number of thiocarbonyl (C=S) groups is 1. The summed E-state index contributed by atoms with van der Waals surface area (Å²) in [4.78, 5) is 1.97. The van der Waals surface area contributed by atoms with Crippen LogP contribution < -0.4 is 5.32 Å². The summed E-state index contributed by atoms with van der Waals surface area (Å²) in [6, 6.07) is -0.353. The molecule has 1 aliphatic heterocycles. The first kappa shape index (κ1) is 14.9. The largest absolute Gasteiger partial charge is 0.470 e. The third kappa shape index (κ3) is 5.37. The molecule has 1 aliphatic rings. The van der Waals surface area contributed by atoms with Gasteiger partial charge in [0.2, 0.25) is 0 Å². The zero-order valence-electron chi connectivity index (χ0n) is 9.85. The number of halogens is 1. The maximum Gasteiger partial charge on any atom is 0.256 e. The highest BCUT2D eigenvalue weighted by molar-refractivity contribution is 7.91. The summed E-state index contributed by atoms with van der Waals surface area (Å²) in [5, 5.41) is 2.60. The number of sulfone groups is 1. The molecule has 1 N–H and O–H groups in total. The zero-order valence-corrected chi connectivity index (χ0v) is 12.2. The van der Waals surface area contributed by atoms with Gasteiger partial charge >= 0.3 is 0 Å². The second-order valence-corrected chi connectivity index (χ2v) is 7.37. The van der Waals surface area contributed by atoms with Crippen molar-refractivity contribution in [1.29, 1.82) is 0 Å². The molecule has 1 heterocycles. The minimum absolute atomic E-state index is 0.00741. The summed E-state index contributed by atoms with van der Waals surface area (Å²) in [5.41, 5.74) is 0. The van der Waals surface area contributed by atoms with E-state index in [-0.39, 0.29) is 22.7 Å². The van der Waals surface area contributed by atoms with Crippen LogP contribution in [0.1, 0.15) is 0 Å². The van der Waals surface area contributed by atoms with Crippen molar-refractivity contribution in [3.05, 3.63) is 0 Å². The van der Waals surface area contributed by atoms with E-state index < -0.39 is 15.2 Å². The first-order valence-corrected chi connectivity index (χ1v) is 7.89. The zero-order chi connectivity index (χ0) is 13.1. The topological polar surface area (TPSA) is 58.6 Å². The highest BCUT2D eigenvalue weighted by Crippen LogP contribution is 2.17. The molecule has 0 spiro atoms.